The Kier molecular flexibility index (Phi) is 5.89. The van der Waals surface area contributed by atoms with Crippen molar-refractivity contribution in [2.24, 2.45) is 4.99 Å². The Morgan fingerprint density at radius 2 is 1.86 bits per heavy atom. The molecule has 0 spiro atoms. The summed E-state index contributed by atoms with van der Waals surface area (Å²) in [5.41, 5.74) is 0.942. The molecule has 1 aromatic carbocycles. The van der Waals surface area contributed by atoms with E-state index in [1.54, 1.807) is 0 Å². The van der Waals surface area contributed by atoms with Gasteiger partial charge in [0.2, 0.25) is 3.79 Å². The molecule has 2 atom stereocenters. The number of hydrogen-bond donors (Lipinski definition) is 1. The molecule has 0 unspecified atom stereocenters. The van der Waals surface area contributed by atoms with Gasteiger partial charge in [0.05, 0.1) is 29.5 Å². The smallest absolute Gasteiger partial charge is 0.247 e. The van der Waals surface area contributed by atoms with Crippen LogP contribution in [0.2, 0.25) is 0 Å². The molecule has 0 saturated carbocycles. The Morgan fingerprint density at radius 1 is 1.23 bits per heavy atom. The summed E-state index contributed by atoms with van der Waals surface area (Å²) in [7, 11) is -3.18. The molecule has 1 aliphatic rings. The minimum atomic E-state index is -3.18. The maximum atomic E-state index is 11.6. The zero-order chi connectivity index (χ0) is 16.4. The lowest BCUT2D eigenvalue weighted by Gasteiger charge is -2.22. The molecule has 4 nitrogen and oxygen atoms in total. The van der Waals surface area contributed by atoms with E-state index >= 15 is 0 Å². The van der Waals surface area contributed by atoms with Crippen LogP contribution in [-0.2, 0) is 16.4 Å². The predicted octanol–water partition coefficient (Wildman–Crippen LogP) is 2.95. The second-order valence-corrected chi connectivity index (χ2v) is 9.99. The van der Waals surface area contributed by atoms with E-state index in [0.29, 0.717) is 6.54 Å². The van der Waals surface area contributed by atoms with E-state index in [2.05, 4.69) is 10.3 Å². The zero-order valence-corrected chi connectivity index (χ0v) is 15.2. The lowest BCUT2D eigenvalue weighted by molar-refractivity contribution is 0.600. The number of amidine groups is 1. The molecule has 1 aliphatic heterocycles. The minimum Gasteiger partial charge on any atom is -0.365 e. The molecule has 2 rings (SSSR count). The highest BCUT2D eigenvalue weighted by molar-refractivity contribution is 7.91. The summed E-state index contributed by atoms with van der Waals surface area (Å²) >= 11 is 23.8. The third-order valence-corrected chi connectivity index (χ3v) is 6.05. The molecule has 0 aromatic heterocycles. The minimum absolute atomic E-state index is 0.0918. The number of sulfone groups is 1. The second kappa shape index (κ2) is 7.14. The molecule has 0 amide bonds. The Hall–Kier alpha value is -0.200. The lowest BCUT2D eigenvalue weighted by atomic mass is 10.2. The molecule has 1 aromatic rings. The van der Waals surface area contributed by atoms with Gasteiger partial charge in [-0.25, -0.2) is 8.42 Å². The fourth-order valence-corrected chi connectivity index (χ4v) is 4.98. The van der Waals surface area contributed by atoms with E-state index < -0.39 is 25.0 Å². The van der Waals surface area contributed by atoms with Crippen molar-refractivity contribution < 1.29 is 8.42 Å². The molecular formula is C13H14Cl4N2O2S. The van der Waals surface area contributed by atoms with Crippen molar-refractivity contribution in [3.8, 4) is 0 Å². The van der Waals surface area contributed by atoms with E-state index in [-0.39, 0.29) is 17.3 Å². The third kappa shape index (κ3) is 5.17. The molecule has 122 valence electrons. The maximum absolute atomic E-state index is 11.6. The molecule has 1 saturated heterocycles. The highest BCUT2D eigenvalue weighted by Gasteiger charge is 2.39. The Morgan fingerprint density at radius 3 is 2.36 bits per heavy atom. The Balaban J connectivity index is 2.14. The van der Waals surface area contributed by atoms with Crippen molar-refractivity contribution in [3.63, 3.8) is 0 Å². The van der Waals surface area contributed by atoms with Crippen molar-refractivity contribution in [2.75, 3.05) is 11.5 Å². The summed E-state index contributed by atoms with van der Waals surface area (Å²) in [5.74, 6) is -0.112. The molecule has 0 radical (unpaired) electrons. The van der Waals surface area contributed by atoms with Gasteiger partial charge in [-0.2, -0.15) is 0 Å². The largest absolute Gasteiger partial charge is 0.365 e. The fraction of sp³-hybridized carbons (Fsp3) is 0.462. The van der Waals surface area contributed by atoms with Crippen LogP contribution >= 0.6 is 46.4 Å². The van der Waals surface area contributed by atoms with Gasteiger partial charge in [-0.3, -0.25) is 4.99 Å². The van der Waals surface area contributed by atoms with Gasteiger partial charge >= 0.3 is 0 Å². The maximum Gasteiger partial charge on any atom is 0.247 e. The molecular weight excluding hydrogens is 390 g/mol. The lowest BCUT2D eigenvalue weighted by Crippen LogP contribution is -2.46. The van der Waals surface area contributed by atoms with Crippen LogP contribution in [0, 0.1) is 0 Å². The topological polar surface area (TPSA) is 58.5 Å². The van der Waals surface area contributed by atoms with Gasteiger partial charge in [-0.15, -0.1) is 11.6 Å². The highest BCUT2D eigenvalue weighted by atomic mass is 35.6. The average Bonchev–Trinajstić information content (AvgIpc) is 2.67. The van der Waals surface area contributed by atoms with Crippen LogP contribution in [0.15, 0.2) is 35.3 Å². The molecule has 1 fully saturated rings. The summed E-state index contributed by atoms with van der Waals surface area (Å²) in [6.07, 6.45) is 0. The monoisotopic (exact) mass is 402 g/mol. The van der Waals surface area contributed by atoms with E-state index in [4.69, 9.17) is 46.4 Å². The first-order valence-corrected chi connectivity index (χ1v) is 9.83. The number of hydrogen-bond acceptors (Lipinski definition) is 3. The van der Waals surface area contributed by atoms with Crippen LogP contribution in [0.25, 0.3) is 0 Å². The number of nitrogens with zero attached hydrogens (tertiary/aromatic N) is 1. The zero-order valence-electron chi connectivity index (χ0n) is 11.3. The standard InChI is InChI=1S/C13H14Cl4N2O2S/c14-10-7-22(20,21)8-11(10)19-12(13(15,16)17)18-6-9-4-2-1-3-5-9/h1-5,10-11H,6-8H2,(H,18,19)/t10-,11-/m1/s1. The van der Waals surface area contributed by atoms with Crippen molar-refractivity contribution in [1.29, 1.82) is 0 Å². The SMILES string of the molecule is O=S1(=O)C[C@@H](Cl)[C@H](NC(=NCc2ccccc2)C(Cl)(Cl)Cl)C1. The van der Waals surface area contributed by atoms with E-state index in [1.807, 2.05) is 30.3 Å². The number of nitrogens with one attached hydrogen (secondary N) is 1. The summed E-state index contributed by atoms with van der Waals surface area (Å²) in [6.45, 7) is 0.309. The Bertz CT molecular complexity index is 644. The molecule has 1 N–H and O–H groups in total. The number of halogens is 4. The fourth-order valence-electron chi connectivity index (χ4n) is 2.08. The molecule has 1 heterocycles. The summed E-state index contributed by atoms with van der Waals surface area (Å²) in [5, 5.41) is 2.29. The summed E-state index contributed by atoms with van der Waals surface area (Å²) < 4.78 is 21.4. The molecule has 22 heavy (non-hydrogen) atoms. The second-order valence-electron chi connectivity index (χ2n) is 4.99. The van der Waals surface area contributed by atoms with Crippen molar-refractivity contribution >= 4 is 62.1 Å². The first kappa shape index (κ1) is 18.1. The van der Waals surface area contributed by atoms with E-state index in [1.165, 1.54) is 0 Å². The average molecular weight is 404 g/mol. The third-order valence-electron chi connectivity index (χ3n) is 3.14. The van der Waals surface area contributed by atoms with Crippen molar-refractivity contribution in [3.05, 3.63) is 35.9 Å². The van der Waals surface area contributed by atoms with Gasteiger partial charge in [-0.1, -0.05) is 65.1 Å². The van der Waals surface area contributed by atoms with Crippen LogP contribution in [0.3, 0.4) is 0 Å². The quantitative estimate of drug-likeness (QED) is 0.479. The number of aliphatic imine (C=N–C) groups is 1. The van der Waals surface area contributed by atoms with E-state index in [0.717, 1.165) is 5.56 Å². The molecule has 0 bridgehead atoms. The van der Waals surface area contributed by atoms with Crippen molar-refractivity contribution in [2.45, 2.75) is 21.8 Å². The van der Waals surface area contributed by atoms with Gasteiger partial charge < -0.3 is 5.32 Å². The first-order chi connectivity index (χ1) is 10.2. The van der Waals surface area contributed by atoms with Crippen LogP contribution in [0.5, 0.6) is 0 Å². The summed E-state index contributed by atoms with van der Waals surface area (Å²) in [6, 6.07) is 8.91. The number of rotatable bonds is 3. The van der Waals surface area contributed by atoms with E-state index in [9.17, 15) is 8.42 Å². The predicted molar refractivity (Wildman–Crippen MR) is 93.1 cm³/mol. The van der Waals surface area contributed by atoms with Gasteiger partial charge in [0.25, 0.3) is 0 Å². The number of benzene rings is 1. The molecule has 0 aliphatic carbocycles. The molecule has 9 heteroatoms. The van der Waals surface area contributed by atoms with Crippen LogP contribution < -0.4 is 5.32 Å². The van der Waals surface area contributed by atoms with Crippen LogP contribution in [0.1, 0.15) is 5.56 Å². The van der Waals surface area contributed by atoms with Gasteiger partial charge in [0.1, 0.15) is 5.84 Å². The van der Waals surface area contributed by atoms with Crippen LogP contribution in [0.4, 0.5) is 0 Å². The normalized spacial score (nSPS) is 25.2. The van der Waals surface area contributed by atoms with Gasteiger partial charge in [0, 0.05) is 0 Å². The summed E-state index contributed by atoms with van der Waals surface area (Å²) in [4.78, 5) is 4.27. The first-order valence-electron chi connectivity index (χ1n) is 6.44. The Labute approximate surface area is 149 Å². The highest BCUT2D eigenvalue weighted by Crippen LogP contribution is 2.29. The number of alkyl halides is 4. The van der Waals surface area contributed by atoms with Crippen molar-refractivity contribution in [1.82, 2.24) is 5.32 Å². The van der Waals surface area contributed by atoms with Gasteiger partial charge in [-0.05, 0) is 5.56 Å². The van der Waals surface area contributed by atoms with Crippen LogP contribution in [-0.4, -0.2) is 41.0 Å². The van der Waals surface area contributed by atoms with Gasteiger partial charge in [0.15, 0.2) is 9.84 Å².